The molecule has 4 aromatic rings. The predicted octanol–water partition coefficient (Wildman–Crippen LogP) is 3.06. The van der Waals surface area contributed by atoms with Gasteiger partial charge in [-0.15, -0.1) is 0 Å². The molecule has 0 aliphatic carbocycles. The van der Waals surface area contributed by atoms with Crippen LogP contribution in [-0.4, -0.2) is 147 Å². The summed E-state index contributed by atoms with van der Waals surface area (Å²) in [6.07, 6.45) is 2.84. The maximum atomic E-state index is 13.0. The van der Waals surface area contributed by atoms with Crippen LogP contribution in [0.15, 0.2) is 72.8 Å². The van der Waals surface area contributed by atoms with Crippen LogP contribution in [-0.2, 0) is 44.7 Å². The van der Waals surface area contributed by atoms with Crippen molar-refractivity contribution in [2.24, 2.45) is 11.7 Å². The Bertz CT molecular complexity index is 2460. The zero-order chi connectivity index (χ0) is 48.1. The predicted molar refractivity (Wildman–Crippen MR) is 248 cm³/mol. The summed E-state index contributed by atoms with van der Waals surface area (Å²) in [7, 11) is 0. The van der Waals surface area contributed by atoms with Crippen molar-refractivity contribution in [1.82, 2.24) is 30.2 Å². The molecule has 4 aliphatic heterocycles. The van der Waals surface area contributed by atoms with E-state index in [-0.39, 0.29) is 87.9 Å². The zero-order valence-corrected chi connectivity index (χ0v) is 38.4. The summed E-state index contributed by atoms with van der Waals surface area (Å²) >= 11 is 0. The number of aromatic nitrogens is 2. The van der Waals surface area contributed by atoms with Gasteiger partial charge in [-0.1, -0.05) is 24.3 Å². The van der Waals surface area contributed by atoms with E-state index in [2.05, 4.69) is 16.0 Å². The summed E-state index contributed by atoms with van der Waals surface area (Å²) in [5, 5.41) is 13.3. The zero-order valence-electron chi connectivity index (χ0n) is 38.4. The first-order chi connectivity index (χ1) is 33.6. The van der Waals surface area contributed by atoms with Crippen LogP contribution in [0.5, 0.6) is 17.2 Å². The summed E-state index contributed by atoms with van der Waals surface area (Å²) in [5.41, 5.74) is 8.57. The van der Waals surface area contributed by atoms with Crippen molar-refractivity contribution in [3.05, 3.63) is 89.5 Å². The Kier molecular flexibility index (Phi) is 16.5. The largest absolute Gasteiger partial charge is 0.483 e. The van der Waals surface area contributed by atoms with Gasteiger partial charge in [0, 0.05) is 49.3 Å². The number of benzene rings is 3. The molecule has 6 amide bonds. The molecular formula is C49H58N8O12. The summed E-state index contributed by atoms with van der Waals surface area (Å²) in [6, 6.07) is 21.2. The number of para-hydroxylation sites is 1. The lowest BCUT2D eigenvalue weighted by Gasteiger charge is -2.38. The Morgan fingerprint density at radius 3 is 2.17 bits per heavy atom. The standard InChI is InChI=1S/C49H58N8O12/c50-46(61)44-45(33-9-11-35(12-10-33)69-34-5-2-1-3-6-34)54-57-38(15-18-52-47(44)57)32-16-20-55(21-17-32)43(60)31-67-28-27-66-26-25-65-24-23-64-22-19-51-42(59)30-68-40-8-4-7-36-37(40)29-56(49(36)63)39-13-14-41(58)53-48(39)62/h1-12,32,38-39,52H,13-31H2,(H2,50,61)(H,51,59)(H,53,58,62)/t38-,39?/m0/s1. The second-order valence-corrected chi connectivity index (χ2v) is 17.0. The van der Waals surface area contributed by atoms with Gasteiger partial charge in [-0.05, 0) is 80.1 Å². The average Bonchev–Trinajstić information content (AvgIpc) is 3.92. The van der Waals surface area contributed by atoms with Gasteiger partial charge >= 0.3 is 0 Å². The molecule has 8 rings (SSSR count). The van der Waals surface area contributed by atoms with E-state index in [4.69, 9.17) is 39.3 Å². The molecule has 0 saturated carbocycles. The van der Waals surface area contributed by atoms with E-state index in [1.54, 1.807) is 18.2 Å². The van der Waals surface area contributed by atoms with Gasteiger partial charge < -0.3 is 54.6 Å². The van der Waals surface area contributed by atoms with Crippen LogP contribution in [0.1, 0.15) is 64.4 Å². The molecule has 0 bridgehead atoms. The monoisotopic (exact) mass is 950 g/mol. The van der Waals surface area contributed by atoms with Gasteiger partial charge in [0.15, 0.2) is 6.61 Å². The number of carbonyl (C=O) groups is 6. The summed E-state index contributed by atoms with van der Waals surface area (Å²) < 4.78 is 35.9. The Hall–Kier alpha value is -6.87. The fraction of sp³-hybridized carbons (Fsp3) is 0.449. The highest BCUT2D eigenvalue weighted by molar-refractivity contribution is 6.06. The van der Waals surface area contributed by atoms with E-state index in [1.165, 1.54) is 4.90 Å². The van der Waals surface area contributed by atoms with Crippen molar-refractivity contribution in [3.63, 3.8) is 0 Å². The number of hydrogen-bond acceptors (Lipinski definition) is 14. The maximum absolute atomic E-state index is 13.0. The molecule has 1 unspecified atom stereocenters. The third kappa shape index (κ3) is 12.2. The Morgan fingerprint density at radius 1 is 0.768 bits per heavy atom. The normalized spacial score (nSPS) is 18.0. The number of imide groups is 1. The smallest absolute Gasteiger partial charge is 0.258 e. The number of likely N-dealkylation sites (tertiary alicyclic amines) is 1. The number of piperidine rings is 2. The third-order valence-electron chi connectivity index (χ3n) is 12.6. The maximum Gasteiger partial charge on any atom is 0.258 e. The minimum atomic E-state index is -0.742. The molecule has 5 N–H and O–H groups in total. The number of anilines is 1. The molecule has 20 nitrogen and oxygen atoms in total. The Morgan fingerprint density at radius 2 is 1.46 bits per heavy atom. The highest BCUT2D eigenvalue weighted by Crippen LogP contribution is 2.40. The minimum absolute atomic E-state index is 0.0312. The first kappa shape index (κ1) is 48.6. The van der Waals surface area contributed by atoms with Gasteiger partial charge in [0.05, 0.1) is 58.8 Å². The van der Waals surface area contributed by atoms with E-state index < -0.39 is 17.9 Å². The first-order valence-electron chi connectivity index (χ1n) is 23.4. The molecule has 4 aliphatic rings. The topological polar surface area (TPSA) is 244 Å². The van der Waals surface area contributed by atoms with Gasteiger partial charge in [0.25, 0.3) is 17.7 Å². The number of rotatable bonds is 23. The molecule has 1 aromatic heterocycles. The Balaban J connectivity index is 0.647. The number of carbonyl (C=O) groups excluding carboxylic acids is 6. The van der Waals surface area contributed by atoms with Gasteiger partial charge in [-0.2, -0.15) is 5.10 Å². The minimum Gasteiger partial charge on any atom is -0.483 e. The fourth-order valence-electron chi connectivity index (χ4n) is 9.07. The van der Waals surface area contributed by atoms with E-state index in [0.29, 0.717) is 92.4 Å². The molecule has 2 fully saturated rings. The van der Waals surface area contributed by atoms with Crippen LogP contribution in [0, 0.1) is 5.92 Å². The van der Waals surface area contributed by atoms with Crippen LogP contribution in [0.2, 0.25) is 0 Å². The fourth-order valence-corrected chi connectivity index (χ4v) is 9.07. The molecule has 0 radical (unpaired) electrons. The number of amides is 6. The van der Waals surface area contributed by atoms with Crippen LogP contribution in [0.4, 0.5) is 5.82 Å². The number of nitrogens with zero attached hydrogens (tertiary/aromatic N) is 4. The second-order valence-electron chi connectivity index (χ2n) is 17.0. The first-order valence-corrected chi connectivity index (χ1v) is 23.4. The van der Waals surface area contributed by atoms with Crippen LogP contribution < -0.4 is 31.2 Å². The number of nitrogens with two attached hydrogens (primary N) is 1. The van der Waals surface area contributed by atoms with Crippen LogP contribution >= 0.6 is 0 Å². The molecule has 2 atom stereocenters. The lowest BCUT2D eigenvalue weighted by Crippen LogP contribution is -2.52. The highest BCUT2D eigenvalue weighted by atomic mass is 16.6. The number of nitrogens with one attached hydrogen (secondary N) is 3. The van der Waals surface area contributed by atoms with Crippen molar-refractivity contribution in [2.75, 3.05) is 91.0 Å². The second kappa shape index (κ2) is 23.4. The summed E-state index contributed by atoms with van der Waals surface area (Å²) in [6.45, 7) is 4.20. The summed E-state index contributed by atoms with van der Waals surface area (Å²) in [5.74, 6) is 0.516. The van der Waals surface area contributed by atoms with Crippen LogP contribution in [0.25, 0.3) is 11.3 Å². The number of ether oxygens (including phenoxy) is 6. The number of fused-ring (bicyclic) bond motifs is 2. The molecule has 5 heterocycles. The van der Waals surface area contributed by atoms with Gasteiger partial charge in [0.2, 0.25) is 17.7 Å². The van der Waals surface area contributed by atoms with Gasteiger partial charge in [-0.3, -0.25) is 34.1 Å². The van der Waals surface area contributed by atoms with Gasteiger partial charge in [0.1, 0.15) is 47.0 Å². The highest BCUT2D eigenvalue weighted by Gasteiger charge is 2.40. The van der Waals surface area contributed by atoms with E-state index in [1.807, 2.05) is 64.2 Å². The van der Waals surface area contributed by atoms with E-state index in [9.17, 15) is 28.8 Å². The number of primary amides is 1. The van der Waals surface area contributed by atoms with Crippen LogP contribution in [0.3, 0.4) is 0 Å². The van der Waals surface area contributed by atoms with E-state index in [0.717, 1.165) is 30.6 Å². The lowest BCUT2D eigenvalue weighted by atomic mass is 9.87. The van der Waals surface area contributed by atoms with Crippen molar-refractivity contribution in [3.8, 4) is 28.5 Å². The van der Waals surface area contributed by atoms with Crippen molar-refractivity contribution >= 4 is 41.3 Å². The Labute approximate surface area is 399 Å². The lowest BCUT2D eigenvalue weighted by molar-refractivity contribution is -0.138. The van der Waals surface area contributed by atoms with E-state index >= 15 is 0 Å². The summed E-state index contributed by atoms with van der Waals surface area (Å²) in [4.78, 5) is 78.4. The molecule has 366 valence electrons. The van der Waals surface area contributed by atoms with Crippen molar-refractivity contribution < 1.29 is 57.2 Å². The molecule has 3 aromatic carbocycles. The van der Waals surface area contributed by atoms with Crippen molar-refractivity contribution in [1.29, 1.82) is 0 Å². The number of hydrogen-bond donors (Lipinski definition) is 4. The van der Waals surface area contributed by atoms with Gasteiger partial charge in [-0.25, -0.2) is 4.68 Å². The molecule has 2 saturated heterocycles. The third-order valence-corrected chi connectivity index (χ3v) is 12.6. The molecule has 0 spiro atoms. The molecule has 69 heavy (non-hydrogen) atoms. The molecule has 20 heteroatoms. The molecular weight excluding hydrogens is 893 g/mol. The quantitative estimate of drug-likeness (QED) is 0.0617. The average molecular weight is 951 g/mol. The SMILES string of the molecule is NC(=O)c1c(-c2ccc(Oc3ccccc3)cc2)nn2c1NCC[C@H]2C1CCN(C(=O)COCCOCCOCCOCCNC(=O)COc2cccc3c2CN(C2CCC(=O)NC2=O)C3=O)CC1. The van der Waals surface area contributed by atoms with Crippen molar-refractivity contribution in [2.45, 2.75) is 50.7 Å².